The normalized spacial score (nSPS) is 18.4. The van der Waals surface area contributed by atoms with Crippen molar-refractivity contribution in [1.82, 2.24) is 0 Å². The maximum atomic E-state index is 12.1. The molecule has 136 valence electrons. The highest BCUT2D eigenvalue weighted by molar-refractivity contribution is 8.10. The van der Waals surface area contributed by atoms with E-state index in [-0.39, 0.29) is 11.7 Å². The standard InChI is InChI=1S/C11H11F3NO7S2/c12-11(13,14)23(16,17)15-24(18,19)22-5-8-1-3-9(4-2-8)20-6-10-7-21-10/h1-4,10H,5-7H2/q-1. The lowest BCUT2D eigenvalue weighted by molar-refractivity contribution is -0.0425. The molecule has 1 fully saturated rings. The molecule has 1 aliphatic rings. The zero-order valence-electron chi connectivity index (χ0n) is 11.8. The van der Waals surface area contributed by atoms with Gasteiger partial charge < -0.3 is 13.6 Å². The molecule has 0 saturated carbocycles. The summed E-state index contributed by atoms with van der Waals surface area (Å²) < 4.78 is 96.2. The van der Waals surface area contributed by atoms with Crippen LogP contribution in [0.5, 0.6) is 5.75 Å². The molecule has 1 heterocycles. The van der Waals surface area contributed by atoms with E-state index in [1.54, 1.807) is 4.13 Å². The summed E-state index contributed by atoms with van der Waals surface area (Å²) in [5.41, 5.74) is -5.57. The van der Waals surface area contributed by atoms with E-state index in [0.717, 1.165) is 0 Å². The SMILES string of the molecule is O=S(=O)([N-]S(=O)(=O)C(F)(F)F)OCc1ccc(OCC2CO2)cc1. The first-order valence-electron chi connectivity index (χ1n) is 6.27. The van der Waals surface area contributed by atoms with Gasteiger partial charge in [0.2, 0.25) is 10.3 Å². The quantitative estimate of drug-likeness (QED) is 0.617. The van der Waals surface area contributed by atoms with Gasteiger partial charge in [0.15, 0.2) is 10.0 Å². The summed E-state index contributed by atoms with van der Waals surface area (Å²) >= 11 is 0. The van der Waals surface area contributed by atoms with Gasteiger partial charge in [0.25, 0.3) is 0 Å². The molecule has 1 aliphatic heterocycles. The molecule has 1 atom stereocenters. The van der Waals surface area contributed by atoms with E-state index in [4.69, 9.17) is 9.47 Å². The van der Waals surface area contributed by atoms with Crippen LogP contribution in [0.1, 0.15) is 5.56 Å². The third-order valence-corrected chi connectivity index (χ3v) is 5.13. The Kier molecular flexibility index (Phi) is 5.39. The number of nitrogens with zero attached hydrogens (tertiary/aromatic N) is 1. The summed E-state index contributed by atoms with van der Waals surface area (Å²) in [5.74, 6) is 0.474. The molecule has 0 bridgehead atoms. The molecule has 1 saturated heterocycles. The van der Waals surface area contributed by atoms with Gasteiger partial charge >= 0.3 is 5.51 Å². The van der Waals surface area contributed by atoms with Crippen molar-refractivity contribution in [2.24, 2.45) is 0 Å². The molecule has 0 spiro atoms. The van der Waals surface area contributed by atoms with Gasteiger partial charge in [-0.1, -0.05) is 12.1 Å². The van der Waals surface area contributed by atoms with Crippen molar-refractivity contribution >= 4 is 20.3 Å². The number of benzene rings is 1. The smallest absolute Gasteiger partial charge is 0.480 e. The predicted octanol–water partition coefficient (Wildman–Crippen LogP) is 1.45. The lowest BCUT2D eigenvalue weighted by atomic mass is 10.2. The topological polar surface area (TPSA) is 113 Å². The van der Waals surface area contributed by atoms with Crippen LogP contribution in [0.25, 0.3) is 4.13 Å². The largest absolute Gasteiger partial charge is 0.491 e. The second-order valence-corrected chi connectivity index (χ2v) is 7.70. The fraction of sp³-hybridized carbons (Fsp3) is 0.455. The van der Waals surface area contributed by atoms with Crippen LogP contribution in [0.4, 0.5) is 13.2 Å². The highest BCUT2D eigenvalue weighted by Crippen LogP contribution is 2.30. The summed E-state index contributed by atoms with van der Waals surface area (Å²) in [6.45, 7) is 0.289. The van der Waals surface area contributed by atoms with Gasteiger partial charge in [0.05, 0.1) is 13.2 Å². The van der Waals surface area contributed by atoms with E-state index >= 15 is 0 Å². The number of alkyl halides is 3. The molecule has 13 heteroatoms. The maximum absolute atomic E-state index is 12.1. The average molecular weight is 390 g/mol. The summed E-state index contributed by atoms with van der Waals surface area (Å²) in [4.78, 5) is 0. The number of rotatable bonds is 8. The number of halogens is 3. The van der Waals surface area contributed by atoms with Crippen molar-refractivity contribution in [1.29, 1.82) is 0 Å². The van der Waals surface area contributed by atoms with E-state index < -0.39 is 32.4 Å². The van der Waals surface area contributed by atoms with E-state index in [0.29, 0.717) is 19.0 Å². The van der Waals surface area contributed by atoms with Crippen molar-refractivity contribution in [3.8, 4) is 5.75 Å². The molecule has 2 rings (SSSR count). The number of epoxide rings is 1. The number of sulfonamides is 1. The molecule has 0 aliphatic carbocycles. The Morgan fingerprint density at radius 3 is 2.25 bits per heavy atom. The van der Waals surface area contributed by atoms with Gasteiger partial charge in [0, 0.05) is 0 Å². The predicted molar refractivity (Wildman–Crippen MR) is 73.7 cm³/mol. The molecule has 0 aromatic heterocycles. The third-order valence-electron chi connectivity index (χ3n) is 2.62. The Bertz CT molecular complexity index is 771. The molecule has 0 amide bonds. The van der Waals surface area contributed by atoms with Gasteiger partial charge in [-0.2, -0.15) is 13.2 Å². The monoisotopic (exact) mass is 390 g/mol. The minimum Gasteiger partial charge on any atom is -0.491 e. The fourth-order valence-electron chi connectivity index (χ4n) is 1.36. The van der Waals surface area contributed by atoms with Crippen LogP contribution < -0.4 is 4.74 Å². The molecule has 1 unspecified atom stereocenters. The van der Waals surface area contributed by atoms with Crippen LogP contribution in [0.15, 0.2) is 24.3 Å². The van der Waals surface area contributed by atoms with Gasteiger partial charge in [-0.25, -0.2) is 16.8 Å². The lowest BCUT2D eigenvalue weighted by Gasteiger charge is -2.21. The van der Waals surface area contributed by atoms with Gasteiger partial charge in [-0.3, -0.25) is 4.18 Å². The fourth-order valence-corrected chi connectivity index (χ4v) is 3.12. The van der Waals surface area contributed by atoms with Crippen LogP contribution in [0.3, 0.4) is 0 Å². The Morgan fingerprint density at radius 2 is 1.75 bits per heavy atom. The second kappa shape index (κ2) is 6.84. The Labute approximate surface area is 135 Å². The van der Waals surface area contributed by atoms with Gasteiger partial charge in [0.1, 0.15) is 18.5 Å². The molecule has 8 nitrogen and oxygen atoms in total. The zero-order chi connectivity index (χ0) is 18.0. The first-order chi connectivity index (χ1) is 11.0. The summed E-state index contributed by atoms with van der Waals surface area (Å²) in [6, 6.07) is 5.77. The van der Waals surface area contributed by atoms with E-state index in [2.05, 4.69) is 4.18 Å². The summed E-state index contributed by atoms with van der Waals surface area (Å²) in [7, 11) is -11.5. The Balaban J connectivity index is 1.89. The summed E-state index contributed by atoms with van der Waals surface area (Å²) in [6.07, 6.45) is 0.0512. The average Bonchev–Trinajstić information content (AvgIpc) is 3.26. The Morgan fingerprint density at radius 1 is 1.17 bits per heavy atom. The minimum absolute atomic E-state index is 0.0512. The first-order valence-corrected chi connectivity index (χ1v) is 9.07. The van der Waals surface area contributed by atoms with Crippen LogP contribution >= 0.6 is 0 Å². The number of hydrogen-bond acceptors (Lipinski definition) is 7. The molecular formula is C11H11F3NO7S2-. The molecule has 24 heavy (non-hydrogen) atoms. The molecule has 1 aromatic carbocycles. The van der Waals surface area contributed by atoms with E-state index in [1.165, 1.54) is 24.3 Å². The molecule has 1 aromatic rings. The van der Waals surface area contributed by atoms with Crippen LogP contribution in [0, 0.1) is 0 Å². The lowest BCUT2D eigenvalue weighted by Crippen LogP contribution is -2.24. The third kappa shape index (κ3) is 5.59. The molecular weight excluding hydrogens is 379 g/mol. The summed E-state index contributed by atoms with van der Waals surface area (Å²) in [5, 5.41) is 0. The molecule has 0 radical (unpaired) electrons. The van der Waals surface area contributed by atoms with Crippen molar-refractivity contribution in [2.75, 3.05) is 13.2 Å². The number of ether oxygens (including phenoxy) is 2. The number of hydrogen-bond donors (Lipinski definition) is 0. The first kappa shape index (κ1) is 18.9. The van der Waals surface area contributed by atoms with Crippen molar-refractivity contribution < 1.29 is 43.7 Å². The van der Waals surface area contributed by atoms with Gasteiger partial charge in [-0.05, 0) is 17.7 Å². The Hall–Kier alpha value is -1.41. The highest BCUT2D eigenvalue weighted by Gasteiger charge is 2.40. The van der Waals surface area contributed by atoms with Crippen molar-refractivity contribution in [3.63, 3.8) is 0 Å². The van der Waals surface area contributed by atoms with Gasteiger partial charge in [-0.15, -0.1) is 0 Å². The minimum atomic E-state index is -6.20. The van der Waals surface area contributed by atoms with Crippen molar-refractivity contribution in [3.05, 3.63) is 34.0 Å². The van der Waals surface area contributed by atoms with Crippen LogP contribution in [-0.4, -0.2) is 41.7 Å². The van der Waals surface area contributed by atoms with Crippen molar-refractivity contribution in [2.45, 2.75) is 18.2 Å². The van der Waals surface area contributed by atoms with E-state index in [1.807, 2.05) is 0 Å². The highest BCUT2D eigenvalue weighted by atomic mass is 32.3. The van der Waals surface area contributed by atoms with E-state index in [9.17, 15) is 30.0 Å². The zero-order valence-corrected chi connectivity index (χ0v) is 13.4. The maximum Gasteiger partial charge on any atom is 0.480 e. The second-order valence-electron chi connectivity index (χ2n) is 4.60. The van der Waals surface area contributed by atoms with Crippen LogP contribution in [-0.2, 0) is 35.9 Å². The van der Waals surface area contributed by atoms with Crippen LogP contribution in [0.2, 0.25) is 0 Å². The molecule has 0 N–H and O–H groups in total.